The Morgan fingerprint density at radius 3 is 2.68 bits per heavy atom. The van der Waals surface area contributed by atoms with Crippen molar-refractivity contribution < 1.29 is 18.0 Å². The minimum Gasteiger partial charge on any atom is -0.350 e. The van der Waals surface area contributed by atoms with Crippen LogP contribution < -0.4 is 10.2 Å². The van der Waals surface area contributed by atoms with E-state index in [2.05, 4.69) is 15.3 Å². The first-order chi connectivity index (χ1) is 8.75. The first-order valence-corrected chi connectivity index (χ1v) is 5.73. The largest absolute Gasteiger partial charge is 0.433 e. The summed E-state index contributed by atoms with van der Waals surface area (Å²) in [5.74, 6) is -0.313. The van der Waals surface area contributed by atoms with Crippen molar-refractivity contribution in [3.63, 3.8) is 0 Å². The number of carbonyl (C=O) groups is 1. The third-order valence-corrected chi connectivity index (χ3v) is 2.65. The molecule has 1 aliphatic rings. The Hall–Kier alpha value is -1.86. The van der Waals surface area contributed by atoms with Gasteiger partial charge in [-0.1, -0.05) is 0 Å². The van der Waals surface area contributed by atoms with Gasteiger partial charge in [-0.15, -0.1) is 0 Å². The standard InChI is InChI=1S/C11H13F3N4O/c1-6-3-8(11(12,13)14)17-10(16-6)18-4-7(2)15-9(19)5-18/h3,7H,4-5H2,1-2H3,(H,15,19). The lowest BCUT2D eigenvalue weighted by Crippen LogP contribution is -2.53. The Kier molecular flexibility index (Phi) is 3.34. The highest BCUT2D eigenvalue weighted by Crippen LogP contribution is 2.29. The quantitative estimate of drug-likeness (QED) is 0.834. The van der Waals surface area contributed by atoms with E-state index in [0.29, 0.717) is 6.54 Å². The van der Waals surface area contributed by atoms with Gasteiger partial charge in [0.05, 0.1) is 6.54 Å². The van der Waals surface area contributed by atoms with Gasteiger partial charge < -0.3 is 10.2 Å². The third kappa shape index (κ3) is 3.12. The molecule has 8 heteroatoms. The second kappa shape index (κ2) is 4.67. The number of amides is 1. The van der Waals surface area contributed by atoms with Crippen molar-refractivity contribution in [2.45, 2.75) is 26.1 Å². The summed E-state index contributed by atoms with van der Waals surface area (Å²) in [5, 5.41) is 2.68. The van der Waals surface area contributed by atoms with Gasteiger partial charge in [0.1, 0.15) is 5.69 Å². The van der Waals surface area contributed by atoms with E-state index in [1.165, 1.54) is 11.8 Å². The van der Waals surface area contributed by atoms with Crippen LogP contribution in [0.1, 0.15) is 18.3 Å². The van der Waals surface area contributed by atoms with E-state index in [-0.39, 0.29) is 30.1 Å². The Bertz CT molecular complexity index is 503. The van der Waals surface area contributed by atoms with Gasteiger partial charge in [-0.25, -0.2) is 9.97 Å². The number of carbonyl (C=O) groups excluding carboxylic acids is 1. The van der Waals surface area contributed by atoms with Crippen LogP contribution in [0.25, 0.3) is 0 Å². The second-order valence-electron chi connectivity index (χ2n) is 4.54. The molecule has 0 aliphatic carbocycles. The zero-order valence-electron chi connectivity index (χ0n) is 10.5. The predicted octanol–water partition coefficient (Wildman–Crippen LogP) is 1.13. The maximum absolute atomic E-state index is 12.7. The van der Waals surface area contributed by atoms with Gasteiger partial charge in [-0.2, -0.15) is 13.2 Å². The maximum atomic E-state index is 12.7. The summed E-state index contributed by atoms with van der Waals surface area (Å²) in [6.07, 6.45) is -4.52. The highest BCUT2D eigenvalue weighted by molar-refractivity contribution is 5.82. The highest BCUT2D eigenvalue weighted by Gasteiger charge is 2.34. The van der Waals surface area contributed by atoms with E-state index in [0.717, 1.165) is 6.07 Å². The van der Waals surface area contributed by atoms with Gasteiger partial charge in [0.15, 0.2) is 0 Å². The summed E-state index contributed by atoms with van der Waals surface area (Å²) in [7, 11) is 0. The highest BCUT2D eigenvalue weighted by atomic mass is 19.4. The number of nitrogens with zero attached hydrogens (tertiary/aromatic N) is 3. The average molecular weight is 274 g/mol. The first-order valence-electron chi connectivity index (χ1n) is 5.73. The predicted molar refractivity (Wildman–Crippen MR) is 61.6 cm³/mol. The van der Waals surface area contributed by atoms with Crippen LogP contribution in [-0.2, 0) is 11.0 Å². The van der Waals surface area contributed by atoms with Crippen LogP contribution in [0.4, 0.5) is 19.1 Å². The summed E-state index contributed by atoms with van der Waals surface area (Å²) in [5.41, 5.74) is -0.774. The number of aryl methyl sites for hydroxylation is 1. The van der Waals surface area contributed by atoms with Crippen molar-refractivity contribution in [3.8, 4) is 0 Å². The van der Waals surface area contributed by atoms with E-state index in [9.17, 15) is 18.0 Å². The summed E-state index contributed by atoms with van der Waals surface area (Å²) < 4.78 is 38.0. The summed E-state index contributed by atoms with van der Waals surface area (Å²) >= 11 is 0. The number of alkyl halides is 3. The molecular formula is C11H13F3N4O. The molecule has 0 saturated carbocycles. The molecule has 0 radical (unpaired) electrons. The molecule has 0 spiro atoms. The lowest BCUT2D eigenvalue weighted by molar-refractivity contribution is -0.141. The van der Waals surface area contributed by atoms with Gasteiger partial charge in [0.2, 0.25) is 11.9 Å². The monoisotopic (exact) mass is 274 g/mol. The molecule has 0 aromatic carbocycles. The number of aromatic nitrogens is 2. The van der Waals surface area contributed by atoms with Crippen molar-refractivity contribution in [1.29, 1.82) is 0 Å². The van der Waals surface area contributed by atoms with Gasteiger partial charge in [0.25, 0.3) is 0 Å². The number of hydrogen-bond acceptors (Lipinski definition) is 4. The van der Waals surface area contributed by atoms with Gasteiger partial charge in [-0.05, 0) is 19.9 Å². The van der Waals surface area contributed by atoms with Crippen LogP contribution >= 0.6 is 0 Å². The number of anilines is 1. The smallest absolute Gasteiger partial charge is 0.350 e. The fourth-order valence-corrected chi connectivity index (χ4v) is 1.93. The summed E-state index contributed by atoms with van der Waals surface area (Å²) in [4.78, 5) is 20.3. The van der Waals surface area contributed by atoms with Crippen molar-refractivity contribution >= 4 is 11.9 Å². The van der Waals surface area contributed by atoms with E-state index in [4.69, 9.17) is 0 Å². The van der Waals surface area contributed by atoms with Crippen LogP contribution in [0, 0.1) is 6.92 Å². The molecule has 19 heavy (non-hydrogen) atoms. The average Bonchev–Trinajstić information content (AvgIpc) is 2.25. The van der Waals surface area contributed by atoms with Crippen molar-refractivity contribution in [1.82, 2.24) is 15.3 Å². The molecule has 1 aromatic rings. The summed E-state index contributed by atoms with van der Waals surface area (Å²) in [6.45, 7) is 3.58. The van der Waals surface area contributed by atoms with Crippen LogP contribution in [0.3, 0.4) is 0 Å². The van der Waals surface area contributed by atoms with Crippen molar-refractivity contribution in [3.05, 3.63) is 17.5 Å². The number of halogens is 3. The topological polar surface area (TPSA) is 58.1 Å². The second-order valence-corrected chi connectivity index (χ2v) is 4.54. The normalized spacial score (nSPS) is 20.4. The number of hydrogen-bond donors (Lipinski definition) is 1. The molecule has 1 aromatic heterocycles. The fourth-order valence-electron chi connectivity index (χ4n) is 1.93. The Morgan fingerprint density at radius 1 is 1.42 bits per heavy atom. The Labute approximate surface area is 107 Å². The molecule has 1 unspecified atom stereocenters. The van der Waals surface area contributed by atoms with E-state index < -0.39 is 11.9 Å². The van der Waals surface area contributed by atoms with Crippen molar-refractivity contribution in [2.75, 3.05) is 18.0 Å². The molecule has 2 rings (SSSR count). The van der Waals surface area contributed by atoms with Crippen LogP contribution in [0.5, 0.6) is 0 Å². The Morgan fingerprint density at radius 2 is 2.11 bits per heavy atom. The van der Waals surface area contributed by atoms with E-state index >= 15 is 0 Å². The molecular weight excluding hydrogens is 261 g/mol. The molecule has 1 saturated heterocycles. The number of rotatable bonds is 1. The first kappa shape index (κ1) is 13.6. The third-order valence-electron chi connectivity index (χ3n) is 2.65. The lowest BCUT2D eigenvalue weighted by Gasteiger charge is -2.31. The molecule has 1 fully saturated rings. The molecule has 1 amide bonds. The minimum atomic E-state index is -4.52. The van der Waals surface area contributed by atoms with Gasteiger partial charge in [-0.3, -0.25) is 4.79 Å². The van der Waals surface area contributed by atoms with Crippen LogP contribution in [0.15, 0.2) is 6.07 Å². The van der Waals surface area contributed by atoms with E-state index in [1.807, 2.05) is 0 Å². The molecule has 1 aliphatic heterocycles. The maximum Gasteiger partial charge on any atom is 0.433 e. The molecule has 1 atom stereocenters. The number of nitrogens with one attached hydrogen (secondary N) is 1. The molecule has 0 bridgehead atoms. The SMILES string of the molecule is Cc1cc(C(F)(F)F)nc(N2CC(=O)NC(C)C2)n1. The summed E-state index contributed by atoms with van der Waals surface area (Å²) in [6, 6.07) is 0.733. The Balaban J connectivity index is 2.34. The lowest BCUT2D eigenvalue weighted by atomic mass is 10.2. The van der Waals surface area contributed by atoms with Gasteiger partial charge in [0, 0.05) is 18.3 Å². The zero-order valence-corrected chi connectivity index (χ0v) is 10.5. The van der Waals surface area contributed by atoms with Crippen LogP contribution in [-0.4, -0.2) is 35.0 Å². The van der Waals surface area contributed by atoms with E-state index in [1.54, 1.807) is 6.92 Å². The van der Waals surface area contributed by atoms with Crippen molar-refractivity contribution in [2.24, 2.45) is 0 Å². The fraction of sp³-hybridized carbons (Fsp3) is 0.545. The molecule has 104 valence electrons. The number of piperazine rings is 1. The molecule has 5 nitrogen and oxygen atoms in total. The molecule has 1 N–H and O–H groups in total. The van der Waals surface area contributed by atoms with Crippen LogP contribution in [0.2, 0.25) is 0 Å². The van der Waals surface area contributed by atoms with Gasteiger partial charge >= 0.3 is 6.18 Å². The zero-order chi connectivity index (χ0) is 14.2. The minimum absolute atomic E-state index is 0.0366. The molecule has 2 heterocycles.